The van der Waals surface area contributed by atoms with Crippen LogP contribution < -0.4 is 9.47 Å². The van der Waals surface area contributed by atoms with Crippen molar-refractivity contribution in [3.05, 3.63) is 124 Å². The molecular weight excluding hydrogens is 550 g/mol. The van der Waals surface area contributed by atoms with E-state index in [4.69, 9.17) is 14.6 Å². The van der Waals surface area contributed by atoms with Crippen molar-refractivity contribution in [2.24, 2.45) is 0 Å². The molecule has 4 aromatic rings. The summed E-state index contributed by atoms with van der Waals surface area (Å²) < 4.78 is 12.1. The number of fused-ring (bicyclic) bond motifs is 1. The number of hydrogen-bond acceptors (Lipinski definition) is 6. The summed E-state index contributed by atoms with van der Waals surface area (Å²) in [6.07, 6.45) is 3.94. The van der Waals surface area contributed by atoms with Crippen LogP contribution in [-0.4, -0.2) is 33.7 Å². The normalized spacial score (nSPS) is 14.0. The van der Waals surface area contributed by atoms with E-state index in [2.05, 4.69) is 6.58 Å². The fraction of sp³-hybridized carbons (Fsp3) is 0.147. The molecule has 8 heteroatoms. The summed E-state index contributed by atoms with van der Waals surface area (Å²) in [5, 5.41) is 10.9. The van der Waals surface area contributed by atoms with E-state index in [1.165, 1.54) is 17.0 Å². The topological polar surface area (TPSA) is 93.1 Å². The maximum absolute atomic E-state index is 13.4. The SMILES string of the molecule is C=CCc1cc(/C=C2/SC(=O)N(Cc3cccc4ccccc34)C2=O)cc(OCC)c1OCc1ccc(C(=O)O)cc1. The van der Waals surface area contributed by atoms with Gasteiger partial charge in [-0.3, -0.25) is 14.5 Å². The second-order valence-corrected chi connectivity index (χ2v) is 10.6. The predicted octanol–water partition coefficient (Wildman–Crippen LogP) is 7.48. The van der Waals surface area contributed by atoms with Crippen LogP contribution in [0.4, 0.5) is 4.79 Å². The van der Waals surface area contributed by atoms with Crippen LogP contribution in [0.5, 0.6) is 11.5 Å². The maximum Gasteiger partial charge on any atom is 0.335 e. The van der Waals surface area contributed by atoms with Gasteiger partial charge in [-0.25, -0.2) is 4.79 Å². The van der Waals surface area contributed by atoms with Gasteiger partial charge >= 0.3 is 5.97 Å². The highest BCUT2D eigenvalue weighted by Crippen LogP contribution is 2.38. The summed E-state index contributed by atoms with van der Waals surface area (Å²) in [7, 11) is 0. The van der Waals surface area contributed by atoms with E-state index in [0.29, 0.717) is 35.0 Å². The number of rotatable bonds is 11. The maximum atomic E-state index is 13.4. The lowest BCUT2D eigenvalue weighted by molar-refractivity contribution is -0.123. The average Bonchev–Trinajstić information content (AvgIpc) is 3.24. The van der Waals surface area contributed by atoms with Gasteiger partial charge in [0.15, 0.2) is 11.5 Å². The van der Waals surface area contributed by atoms with Gasteiger partial charge in [-0.1, -0.05) is 60.7 Å². The monoisotopic (exact) mass is 579 g/mol. The first-order chi connectivity index (χ1) is 20.4. The van der Waals surface area contributed by atoms with E-state index < -0.39 is 5.97 Å². The molecule has 4 aromatic carbocycles. The number of carboxylic acids is 1. The van der Waals surface area contributed by atoms with Crippen molar-refractivity contribution in [1.82, 2.24) is 4.90 Å². The molecule has 0 aromatic heterocycles. The molecule has 1 saturated heterocycles. The molecular formula is C34H29NO6S. The van der Waals surface area contributed by atoms with Crippen LogP contribution in [0.15, 0.2) is 96.4 Å². The molecule has 0 atom stereocenters. The molecule has 1 aliphatic heterocycles. The highest BCUT2D eigenvalue weighted by molar-refractivity contribution is 8.18. The van der Waals surface area contributed by atoms with Gasteiger partial charge in [0.2, 0.25) is 0 Å². The molecule has 212 valence electrons. The average molecular weight is 580 g/mol. The quantitative estimate of drug-likeness (QED) is 0.145. The van der Waals surface area contributed by atoms with Gasteiger partial charge in [0.25, 0.3) is 11.1 Å². The molecule has 1 heterocycles. The molecule has 0 spiro atoms. The fourth-order valence-electron chi connectivity index (χ4n) is 4.79. The number of amides is 2. The minimum atomic E-state index is -0.989. The van der Waals surface area contributed by atoms with E-state index in [0.717, 1.165) is 39.2 Å². The van der Waals surface area contributed by atoms with Crippen molar-refractivity contribution in [2.75, 3.05) is 6.61 Å². The molecule has 7 nitrogen and oxygen atoms in total. The fourth-order valence-corrected chi connectivity index (χ4v) is 5.63. The summed E-state index contributed by atoms with van der Waals surface area (Å²) in [6.45, 7) is 6.52. The smallest absolute Gasteiger partial charge is 0.335 e. The summed E-state index contributed by atoms with van der Waals surface area (Å²) in [4.78, 5) is 39.1. The number of benzene rings is 4. The zero-order chi connectivity index (χ0) is 29.6. The molecule has 5 rings (SSSR count). The second-order valence-electron chi connectivity index (χ2n) is 9.63. The third-order valence-electron chi connectivity index (χ3n) is 6.78. The molecule has 2 amide bonds. The van der Waals surface area contributed by atoms with Crippen LogP contribution in [-0.2, 0) is 24.4 Å². The Balaban J connectivity index is 1.41. The Morgan fingerprint density at radius 2 is 1.74 bits per heavy atom. The molecule has 42 heavy (non-hydrogen) atoms. The summed E-state index contributed by atoms with van der Waals surface area (Å²) in [6, 6.07) is 23.9. The molecule has 1 aliphatic rings. The zero-order valence-electron chi connectivity index (χ0n) is 23.0. The van der Waals surface area contributed by atoms with Crippen LogP contribution >= 0.6 is 11.8 Å². The highest BCUT2D eigenvalue weighted by Gasteiger charge is 2.35. The van der Waals surface area contributed by atoms with Crippen molar-refractivity contribution in [3.63, 3.8) is 0 Å². The number of hydrogen-bond donors (Lipinski definition) is 1. The second kappa shape index (κ2) is 12.8. The Bertz CT molecular complexity index is 1700. The minimum absolute atomic E-state index is 0.190. The third kappa shape index (κ3) is 6.24. The molecule has 1 N–H and O–H groups in total. The number of allylic oxidation sites excluding steroid dienone is 1. The van der Waals surface area contributed by atoms with Crippen LogP contribution in [0.1, 0.15) is 39.5 Å². The number of ether oxygens (including phenoxy) is 2. The number of aromatic carboxylic acids is 1. The highest BCUT2D eigenvalue weighted by atomic mass is 32.2. The Labute approximate surface area is 248 Å². The lowest BCUT2D eigenvalue weighted by Crippen LogP contribution is -2.27. The van der Waals surface area contributed by atoms with E-state index in [9.17, 15) is 14.4 Å². The van der Waals surface area contributed by atoms with E-state index in [-0.39, 0.29) is 29.9 Å². The molecule has 1 fully saturated rings. The molecule has 0 bridgehead atoms. The van der Waals surface area contributed by atoms with Crippen molar-refractivity contribution in [3.8, 4) is 11.5 Å². The zero-order valence-corrected chi connectivity index (χ0v) is 23.9. The van der Waals surface area contributed by atoms with E-state index in [1.54, 1.807) is 30.4 Å². The Kier molecular flexibility index (Phi) is 8.74. The van der Waals surface area contributed by atoms with Crippen LogP contribution in [0.25, 0.3) is 16.8 Å². The van der Waals surface area contributed by atoms with Crippen molar-refractivity contribution in [1.29, 1.82) is 0 Å². The van der Waals surface area contributed by atoms with Crippen molar-refractivity contribution in [2.45, 2.75) is 26.5 Å². The van der Waals surface area contributed by atoms with Gasteiger partial charge in [0, 0.05) is 5.56 Å². The van der Waals surface area contributed by atoms with Gasteiger partial charge in [-0.2, -0.15) is 0 Å². The minimum Gasteiger partial charge on any atom is -0.490 e. The van der Waals surface area contributed by atoms with Crippen LogP contribution in [0.3, 0.4) is 0 Å². The van der Waals surface area contributed by atoms with E-state index in [1.807, 2.05) is 55.5 Å². The third-order valence-corrected chi connectivity index (χ3v) is 7.69. The van der Waals surface area contributed by atoms with Gasteiger partial charge in [0.05, 0.1) is 23.6 Å². The van der Waals surface area contributed by atoms with Crippen molar-refractivity contribution < 1.29 is 29.0 Å². The van der Waals surface area contributed by atoms with Crippen LogP contribution in [0.2, 0.25) is 0 Å². The number of nitrogens with zero attached hydrogens (tertiary/aromatic N) is 1. The lowest BCUT2D eigenvalue weighted by Gasteiger charge is -2.17. The molecule has 0 aliphatic carbocycles. The first-order valence-corrected chi connectivity index (χ1v) is 14.3. The number of imide groups is 1. The first-order valence-electron chi connectivity index (χ1n) is 13.5. The summed E-state index contributed by atoms with van der Waals surface area (Å²) in [5.41, 5.74) is 3.41. The number of carboxylic acid groups (broad SMARTS) is 1. The number of carbonyl (C=O) groups excluding carboxylic acids is 2. The number of carbonyl (C=O) groups is 3. The summed E-state index contributed by atoms with van der Waals surface area (Å²) in [5.74, 6) is -0.289. The largest absolute Gasteiger partial charge is 0.490 e. The summed E-state index contributed by atoms with van der Waals surface area (Å²) >= 11 is 0.919. The van der Waals surface area contributed by atoms with Crippen molar-refractivity contribution >= 4 is 45.7 Å². The standard InChI is InChI=1S/C34H29NO6S/c1-3-8-26-17-23(18-29(40-4-2)31(26)41-21-22-13-15-25(16-14-22)33(37)38)19-30-32(36)35(34(39)42-30)20-27-11-7-10-24-9-5-6-12-28(24)27/h3,5-7,9-19H,1,4,8,20-21H2,2H3,(H,37,38)/b30-19+. The predicted molar refractivity (Wildman–Crippen MR) is 165 cm³/mol. The molecule has 0 saturated carbocycles. The Morgan fingerprint density at radius 1 is 0.976 bits per heavy atom. The van der Waals surface area contributed by atoms with Crippen LogP contribution in [0, 0.1) is 0 Å². The van der Waals surface area contributed by atoms with Gasteiger partial charge in [-0.05, 0) is 82.9 Å². The molecule has 0 radical (unpaired) electrons. The van der Waals surface area contributed by atoms with Gasteiger partial charge in [-0.15, -0.1) is 6.58 Å². The lowest BCUT2D eigenvalue weighted by atomic mass is 10.0. The molecule has 0 unspecified atom stereocenters. The van der Waals surface area contributed by atoms with Gasteiger partial charge in [0.1, 0.15) is 6.61 Å². The Hall–Kier alpha value is -4.82. The van der Waals surface area contributed by atoms with E-state index >= 15 is 0 Å². The number of thioether (sulfide) groups is 1. The first kappa shape index (κ1) is 28.7. The van der Waals surface area contributed by atoms with Gasteiger partial charge < -0.3 is 14.6 Å². The Morgan fingerprint density at radius 3 is 2.48 bits per heavy atom.